The van der Waals surface area contributed by atoms with E-state index in [2.05, 4.69) is 10.5 Å². The van der Waals surface area contributed by atoms with Crippen LogP contribution in [0.3, 0.4) is 0 Å². The number of hydrogen-bond acceptors (Lipinski definition) is 4. The maximum absolute atomic E-state index is 10.1. The summed E-state index contributed by atoms with van der Waals surface area (Å²) in [4.78, 5) is 0. The van der Waals surface area contributed by atoms with Crippen LogP contribution in [0, 0.1) is 0 Å². The second-order valence-electron chi connectivity index (χ2n) is 5.70. The molecule has 0 saturated carbocycles. The van der Waals surface area contributed by atoms with Crippen molar-refractivity contribution < 1.29 is 5.21 Å². The Bertz CT molecular complexity index is 919. The van der Waals surface area contributed by atoms with Crippen LogP contribution in [0.15, 0.2) is 96.1 Å². The summed E-state index contributed by atoms with van der Waals surface area (Å²) in [6.07, 6.45) is 0. The summed E-state index contributed by atoms with van der Waals surface area (Å²) in [5.41, 5.74) is 8.38. The maximum atomic E-state index is 10.1. The molecule has 0 spiro atoms. The van der Waals surface area contributed by atoms with Crippen molar-refractivity contribution in [3.05, 3.63) is 108 Å². The second-order valence-corrected chi connectivity index (χ2v) is 5.70. The van der Waals surface area contributed by atoms with Crippen molar-refractivity contribution in [3.8, 4) is 0 Å². The molecule has 4 nitrogen and oxygen atoms in total. The maximum Gasteiger partial charge on any atom is 0.105 e. The smallest absolute Gasteiger partial charge is 0.105 e. The fraction of sp³-hybridized carbons (Fsp3) is 0. The van der Waals surface area contributed by atoms with E-state index >= 15 is 0 Å². The molecule has 122 valence electrons. The van der Waals surface area contributed by atoms with Gasteiger partial charge >= 0.3 is 0 Å². The highest BCUT2D eigenvalue weighted by Gasteiger charge is 2.24. The van der Waals surface area contributed by atoms with Crippen LogP contribution >= 0.6 is 0 Å². The molecule has 1 heterocycles. The van der Waals surface area contributed by atoms with Crippen molar-refractivity contribution in [2.24, 2.45) is 5.10 Å². The van der Waals surface area contributed by atoms with Gasteiger partial charge in [-0.15, -0.1) is 5.10 Å². The van der Waals surface area contributed by atoms with Crippen LogP contribution < -0.4 is 5.43 Å². The van der Waals surface area contributed by atoms with E-state index in [1.807, 2.05) is 91.0 Å². The van der Waals surface area contributed by atoms with Gasteiger partial charge in [-0.05, 0) is 5.56 Å². The highest BCUT2D eigenvalue weighted by Crippen LogP contribution is 2.31. The first-order chi connectivity index (χ1) is 12.3. The molecule has 0 unspecified atom stereocenters. The van der Waals surface area contributed by atoms with E-state index in [-0.39, 0.29) is 0 Å². The third-order valence-corrected chi connectivity index (χ3v) is 4.07. The van der Waals surface area contributed by atoms with Crippen molar-refractivity contribution in [1.82, 2.24) is 10.7 Å². The second kappa shape index (κ2) is 6.63. The van der Waals surface area contributed by atoms with Crippen molar-refractivity contribution in [2.75, 3.05) is 0 Å². The molecular weight excluding hydrogens is 310 g/mol. The Kier molecular flexibility index (Phi) is 4.02. The number of allylic oxidation sites excluding steroid dienone is 1. The van der Waals surface area contributed by atoms with Crippen molar-refractivity contribution in [2.45, 2.75) is 0 Å². The predicted octanol–water partition coefficient (Wildman–Crippen LogP) is 4.17. The lowest BCUT2D eigenvalue weighted by Gasteiger charge is -2.27. The number of hydrazone groups is 1. The summed E-state index contributed by atoms with van der Waals surface area (Å²) >= 11 is 0. The molecular formula is C21H17N3O. The number of benzene rings is 3. The molecule has 0 bridgehead atoms. The first kappa shape index (κ1) is 15.2. The minimum atomic E-state index is 0.715. The molecule has 2 N–H and O–H groups in total. The van der Waals surface area contributed by atoms with Crippen LogP contribution in [0.2, 0.25) is 0 Å². The van der Waals surface area contributed by atoms with Gasteiger partial charge in [0.15, 0.2) is 0 Å². The van der Waals surface area contributed by atoms with Gasteiger partial charge in [-0.1, -0.05) is 96.3 Å². The number of hydrazine groups is 1. The van der Waals surface area contributed by atoms with E-state index in [9.17, 15) is 5.21 Å². The summed E-state index contributed by atoms with van der Waals surface area (Å²) in [6.45, 7) is 0. The molecule has 1 aliphatic heterocycles. The van der Waals surface area contributed by atoms with Gasteiger partial charge in [0, 0.05) is 16.7 Å². The number of hydrogen-bond donors (Lipinski definition) is 2. The molecule has 0 radical (unpaired) electrons. The lowest BCUT2D eigenvalue weighted by Crippen LogP contribution is -2.35. The minimum absolute atomic E-state index is 0.715. The molecule has 4 rings (SSSR count). The highest BCUT2D eigenvalue weighted by molar-refractivity contribution is 6.37. The van der Waals surface area contributed by atoms with Gasteiger partial charge in [-0.2, -0.15) is 0 Å². The SMILES string of the molecule is ON1N=C(c2ccccc2)C(c2ccccc2)=C(c2ccccc2)N1. The first-order valence-corrected chi connectivity index (χ1v) is 8.08. The standard InChI is InChI=1S/C21H17N3O/c25-24-22-20(17-12-6-2-7-13-17)19(16-10-4-1-5-11-16)21(23-24)18-14-8-3-9-15-18/h1-15,22,25H. The van der Waals surface area contributed by atoms with Crippen LogP contribution in [0.25, 0.3) is 11.3 Å². The summed E-state index contributed by atoms with van der Waals surface area (Å²) in [7, 11) is 0. The fourth-order valence-corrected chi connectivity index (χ4v) is 2.94. The zero-order valence-electron chi connectivity index (χ0n) is 13.5. The van der Waals surface area contributed by atoms with Gasteiger partial charge in [0.1, 0.15) is 5.71 Å². The molecule has 0 aliphatic carbocycles. The third kappa shape index (κ3) is 3.03. The van der Waals surface area contributed by atoms with E-state index in [1.165, 1.54) is 0 Å². The van der Waals surface area contributed by atoms with E-state index in [0.717, 1.165) is 33.2 Å². The van der Waals surface area contributed by atoms with E-state index in [0.29, 0.717) is 5.71 Å². The highest BCUT2D eigenvalue weighted by atomic mass is 16.6. The van der Waals surface area contributed by atoms with Crippen LogP contribution in [0.1, 0.15) is 16.7 Å². The Morgan fingerprint density at radius 2 is 1.12 bits per heavy atom. The van der Waals surface area contributed by atoms with Gasteiger partial charge < -0.3 is 0 Å². The molecule has 25 heavy (non-hydrogen) atoms. The van der Waals surface area contributed by atoms with Crippen LogP contribution in [-0.4, -0.2) is 16.2 Å². The van der Waals surface area contributed by atoms with Crippen molar-refractivity contribution in [3.63, 3.8) is 0 Å². The third-order valence-electron chi connectivity index (χ3n) is 4.07. The average Bonchev–Trinajstić information content (AvgIpc) is 2.69. The summed E-state index contributed by atoms with van der Waals surface area (Å²) in [5.74, 6) is 0. The molecule has 1 aliphatic rings. The Morgan fingerprint density at radius 3 is 1.68 bits per heavy atom. The quantitative estimate of drug-likeness (QED) is 0.759. The van der Waals surface area contributed by atoms with Gasteiger partial charge in [-0.3, -0.25) is 10.6 Å². The molecule has 0 aromatic heterocycles. The normalized spacial score (nSPS) is 14.1. The van der Waals surface area contributed by atoms with Crippen molar-refractivity contribution >= 4 is 17.0 Å². The van der Waals surface area contributed by atoms with Crippen LogP contribution in [0.5, 0.6) is 0 Å². The minimum Gasteiger partial charge on any atom is -0.256 e. The van der Waals surface area contributed by atoms with E-state index < -0.39 is 0 Å². The average molecular weight is 327 g/mol. The fourth-order valence-electron chi connectivity index (χ4n) is 2.94. The van der Waals surface area contributed by atoms with Crippen LogP contribution in [0.4, 0.5) is 0 Å². The molecule has 0 saturated heterocycles. The largest absolute Gasteiger partial charge is 0.256 e. The van der Waals surface area contributed by atoms with Gasteiger partial charge in [0.05, 0.1) is 5.70 Å². The van der Waals surface area contributed by atoms with E-state index in [1.54, 1.807) is 0 Å². The topological polar surface area (TPSA) is 47.9 Å². The summed E-state index contributed by atoms with van der Waals surface area (Å²) in [5, 5.41) is 15.2. The molecule has 4 heteroatoms. The molecule has 3 aromatic rings. The van der Waals surface area contributed by atoms with Crippen molar-refractivity contribution in [1.29, 1.82) is 0 Å². The Hall–Kier alpha value is -3.37. The number of nitrogens with zero attached hydrogens (tertiary/aromatic N) is 2. The Balaban J connectivity index is 1.97. The first-order valence-electron chi connectivity index (χ1n) is 8.08. The lowest BCUT2D eigenvalue weighted by molar-refractivity contribution is -0.120. The lowest BCUT2D eigenvalue weighted by atomic mass is 9.91. The molecule has 0 atom stereocenters. The number of rotatable bonds is 3. The van der Waals surface area contributed by atoms with Crippen LogP contribution in [-0.2, 0) is 0 Å². The molecule has 0 fully saturated rings. The molecule has 0 amide bonds. The summed E-state index contributed by atoms with van der Waals surface area (Å²) in [6, 6.07) is 29.9. The Morgan fingerprint density at radius 1 is 0.640 bits per heavy atom. The monoisotopic (exact) mass is 327 g/mol. The molecule has 3 aromatic carbocycles. The van der Waals surface area contributed by atoms with Gasteiger partial charge in [0.2, 0.25) is 0 Å². The van der Waals surface area contributed by atoms with Gasteiger partial charge in [-0.25, -0.2) is 0 Å². The summed E-state index contributed by atoms with van der Waals surface area (Å²) < 4.78 is 0. The predicted molar refractivity (Wildman–Crippen MR) is 99.4 cm³/mol. The zero-order valence-corrected chi connectivity index (χ0v) is 13.5. The number of nitrogens with one attached hydrogen (secondary N) is 1. The zero-order chi connectivity index (χ0) is 17.1. The Labute approximate surface area is 146 Å². The van der Waals surface area contributed by atoms with E-state index in [4.69, 9.17) is 0 Å². The van der Waals surface area contributed by atoms with Gasteiger partial charge in [0.25, 0.3) is 0 Å².